The lowest BCUT2D eigenvalue weighted by molar-refractivity contribution is -0.249. The summed E-state index contributed by atoms with van der Waals surface area (Å²) >= 11 is 0. The zero-order valence-electron chi connectivity index (χ0n) is 31.7. The standard InChI is InChI=1S/C38H44N2O17/c1-16-31(46)19(40-36(51)57-37(2,3)4)11-26(55-16)56-21-13-38(52,22(41)15-54-25(45)14-39-23(42)9-10-24(43)44)12-18-28(21)35(50)30-29(33(18)48)32(47)17-7-6-8-20(53-5)27(17)34(30)49/h6-8,16,19,21,26,31,46,48,50,52H,9-15H2,1-5H3,(H,39,42)(H,40,51)(H,43,44)/t16?,19?,21-,26?,31?,38?/m1/s1. The number of aliphatic hydroxyl groups is 2. The Bertz CT molecular complexity index is 2000. The third-order valence-corrected chi connectivity index (χ3v) is 9.68. The van der Waals surface area contributed by atoms with Gasteiger partial charge in [-0.3, -0.25) is 28.8 Å². The van der Waals surface area contributed by atoms with Crippen molar-refractivity contribution in [3.63, 3.8) is 0 Å². The predicted molar refractivity (Wildman–Crippen MR) is 191 cm³/mol. The van der Waals surface area contributed by atoms with E-state index in [1.165, 1.54) is 32.2 Å². The second-order valence-electron chi connectivity index (χ2n) is 14.9. The maximum atomic E-state index is 14.0. The number of rotatable bonds is 12. The van der Waals surface area contributed by atoms with Crippen LogP contribution in [0.2, 0.25) is 0 Å². The fourth-order valence-corrected chi connectivity index (χ4v) is 6.98. The molecule has 1 fully saturated rings. The first-order chi connectivity index (χ1) is 26.6. The number of carbonyl (C=O) groups excluding carboxylic acids is 6. The number of aliphatic carboxylic acids is 1. The topological polar surface area (TPSA) is 291 Å². The molecule has 2 amide bonds. The van der Waals surface area contributed by atoms with Crippen molar-refractivity contribution >= 4 is 41.3 Å². The smallest absolute Gasteiger partial charge is 0.407 e. The number of aliphatic hydroxyl groups excluding tert-OH is 1. The number of amides is 2. The number of Topliss-reactive ketones (excluding diaryl/α,β-unsaturated/α-hetero) is 1. The number of fused-ring (bicyclic) bond motifs is 3. The molecule has 0 saturated carbocycles. The second-order valence-corrected chi connectivity index (χ2v) is 14.9. The van der Waals surface area contributed by atoms with Crippen LogP contribution in [0, 0.1) is 0 Å². The summed E-state index contributed by atoms with van der Waals surface area (Å²) in [6, 6.07) is 3.18. The number of phenols is 2. The average molecular weight is 801 g/mol. The summed E-state index contributed by atoms with van der Waals surface area (Å²) in [5, 5.41) is 59.8. The summed E-state index contributed by atoms with van der Waals surface area (Å²) in [5.41, 5.74) is -5.56. The molecule has 7 N–H and O–H groups in total. The van der Waals surface area contributed by atoms with Crippen LogP contribution in [-0.2, 0) is 44.5 Å². The van der Waals surface area contributed by atoms with Crippen LogP contribution in [0.5, 0.6) is 17.2 Å². The van der Waals surface area contributed by atoms with Gasteiger partial charge in [0.05, 0.1) is 48.5 Å². The van der Waals surface area contributed by atoms with Crippen molar-refractivity contribution in [1.82, 2.24) is 10.6 Å². The molecule has 19 heteroatoms. The summed E-state index contributed by atoms with van der Waals surface area (Å²) in [7, 11) is 1.28. The number of phenolic OH excluding ortho intramolecular Hbond substituents is 2. The number of carbonyl (C=O) groups is 7. The quantitative estimate of drug-likeness (QED) is 0.0997. The van der Waals surface area contributed by atoms with E-state index in [9.17, 15) is 54.0 Å². The number of carboxylic acids is 1. The van der Waals surface area contributed by atoms with Crippen molar-refractivity contribution in [2.24, 2.45) is 0 Å². The third-order valence-electron chi connectivity index (χ3n) is 9.68. The minimum atomic E-state index is -2.53. The number of hydrogen-bond acceptors (Lipinski definition) is 16. The van der Waals surface area contributed by atoms with Crippen LogP contribution in [-0.4, -0.2) is 123 Å². The monoisotopic (exact) mass is 800 g/mol. The fraction of sp³-hybridized carbons (Fsp3) is 0.500. The van der Waals surface area contributed by atoms with Gasteiger partial charge in [-0.25, -0.2) is 4.79 Å². The number of ether oxygens (including phenoxy) is 5. The Hall–Kier alpha value is -5.63. The number of methoxy groups -OCH3 is 1. The van der Waals surface area contributed by atoms with Gasteiger partial charge in [-0.15, -0.1) is 0 Å². The van der Waals surface area contributed by atoms with Crippen molar-refractivity contribution < 1.29 is 82.8 Å². The molecule has 2 aromatic rings. The Morgan fingerprint density at radius 1 is 1.00 bits per heavy atom. The van der Waals surface area contributed by atoms with E-state index in [1.807, 2.05) is 0 Å². The van der Waals surface area contributed by atoms with Crippen molar-refractivity contribution in [2.75, 3.05) is 20.3 Å². The molecule has 5 unspecified atom stereocenters. The van der Waals surface area contributed by atoms with Gasteiger partial charge in [-0.2, -0.15) is 0 Å². The third kappa shape index (κ3) is 9.01. The number of aromatic hydroxyl groups is 2. The number of esters is 1. The van der Waals surface area contributed by atoms with Crippen LogP contribution in [0.25, 0.3) is 0 Å². The van der Waals surface area contributed by atoms with Gasteiger partial charge in [0.25, 0.3) is 0 Å². The van der Waals surface area contributed by atoms with Crippen molar-refractivity contribution in [3.8, 4) is 17.2 Å². The van der Waals surface area contributed by atoms with Gasteiger partial charge in [0, 0.05) is 42.4 Å². The molecular weight excluding hydrogens is 756 g/mol. The molecule has 0 radical (unpaired) electrons. The minimum absolute atomic E-state index is 0.0157. The Morgan fingerprint density at radius 3 is 2.33 bits per heavy atom. The van der Waals surface area contributed by atoms with Crippen molar-refractivity contribution in [3.05, 3.63) is 51.6 Å². The van der Waals surface area contributed by atoms with Gasteiger partial charge < -0.3 is 59.9 Å². The SMILES string of the molecule is COc1cccc2c1C(=O)c1c(O)c3c(c(O)c1C2=O)CC(O)(C(=O)COC(=O)CNC(=O)CCC(=O)O)C[C@H]3OC1CC(NC(=O)OC(C)(C)C)C(O)C(C)O1. The first-order valence-corrected chi connectivity index (χ1v) is 17.9. The maximum Gasteiger partial charge on any atom is 0.407 e. The molecule has 0 aromatic heterocycles. The molecule has 2 aromatic carbocycles. The number of nitrogens with one attached hydrogen (secondary N) is 2. The Balaban J connectivity index is 1.49. The van der Waals surface area contributed by atoms with Crippen LogP contribution in [0.1, 0.15) is 102 Å². The van der Waals surface area contributed by atoms with Crippen molar-refractivity contribution in [2.45, 2.75) is 102 Å². The molecule has 2 aliphatic carbocycles. The lowest BCUT2D eigenvalue weighted by Gasteiger charge is -2.43. The first-order valence-electron chi connectivity index (χ1n) is 17.9. The maximum absolute atomic E-state index is 14.0. The highest BCUT2D eigenvalue weighted by Gasteiger charge is 2.51. The van der Waals surface area contributed by atoms with Gasteiger partial charge in [-0.05, 0) is 33.8 Å². The van der Waals surface area contributed by atoms with E-state index < -0.39 is 145 Å². The highest BCUT2D eigenvalue weighted by atomic mass is 16.7. The average Bonchev–Trinajstić information content (AvgIpc) is 3.13. The number of benzene rings is 2. The van der Waals surface area contributed by atoms with Crippen LogP contribution in [0.3, 0.4) is 0 Å². The molecule has 1 aliphatic heterocycles. The summed E-state index contributed by atoms with van der Waals surface area (Å²) in [6.45, 7) is 4.61. The lowest BCUT2D eigenvalue weighted by Crippen LogP contribution is -2.56. The van der Waals surface area contributed by atoms with Gasteiger partial charge >= 0.3 is 18.0 Å². The van der Waals surface area contributed by atoms with Crippen LogP contribution in [0.4, 0.5) is 4.79 Å². The molecule has 6 atom stereocenters. The molecule has 57 heavy (non-hydrogen) atoms. The van der Waals surface area contributed by atoms with E-state index in [2.05, 4.69) is 10.6 Å². The van der Waals surface area contributed by atoms with Crippen LogP contribution in [0.15, 0.2) is 18.2 Å². The van der Waals surface area contributed by atoms with Gasteiger partial charge in [0.15, 0.2) is 18.7 Å². The number of alkyl carbamates (subject to hydrolysis) is 1. The van der Waals surface area contributed by atoms with E-state index >= 15 is 0 Å². The number of carboxylic acid groups (broad SMARTS) is 1. The number of ketones is 3. The molecule has 0 spiro atoms. The van der Waals surface area contributed by atoms with E-state index in [-0.39, 0.29) is 34.4 Å². The van der Waals surface area contributed by atoms with Crippen molar-refractivity contribution in [1.29, 1.82) is 0 Å². The highest BCUT2D eigenvalue weighted by Crippen LogP contribution is 2.52. The Kier molecular flexibility index (Phi) is 12.3. The molecule has 1 saturated heterocycles. The molecule has 3 aliphatic rings. The van der Waals surface area contributed by atoms with Gasteiger partial charge in [-0.1, -0.05) is 12.1 Å². The molecule has 1 heterocycles. The van der Waals surface area contributed by atoms with Gasteiger partial charge in [0.2, 0.25) is 17.5 Å². The van der Waals surface area contributed by atoms with Gasteiger partial charge in [0.1, 0.15) is 41.1 Å². The largest absolute Gasteiger partial charge is 0.507 e. The molecular formula is C38H44N2O17. The molecule has 19 nitrogen and oxygen atoms in total. The first kappa shape index (κ1) is 42.5. The number of hydrogen-bond donors (Lipinski definition) is 7. The molecule has 308 valence electrons. The zero-order chi connectivity index (χ0) is 42.1. The summed E-state index contributed by atoms with van der Waals surface area (Å²) in [4.78, 5) is 89.1. The summed E-state index contributed by atoms with van der Waals surface area (Å²) in [5.74, 6) is -7.62. The fourth-order valence-electron chi connectivity index (χ4n) is 6.98. The van der Waals surface area contributed by atoms with Crippen LogP contribution >= 0.6 is 0 Å². The normalized spacial score (nSPS) is 23.9. The highest BCUT2D eigenvalue weighted by molar-refractivity contribution is 6.31. The zero-order valence-corrected chi connectivity index (χ0v) is 31.7. The lowest BCUT2D eigenvalue weighted by atomic mass is 9.72. The van der Waals surface area contributed by atoms with E-state index in [0.717, 1.165) is 0 Å². The predicted octanol–water partition coefficient (Wildman–Crippen LogP) is 1.10. The van der Waals surface area contributed by atoms with E-state index in [4.69, 9.17) is 28.8 Å². The van der Waals surface area contributed by atoms with Crippen LogP contribution < -0.4 is 15.4 Å². The minimum Gasteiger partial charge on any atom is -0.507 e. The Morgan fingerprint density at radius 2 is 1.68 bits per heavy atom. The Labute approximate surface area is 325 Å². The second kappa shape index (κ2) is 16.5. The molecule has 0 bridgehead atoms. The summed E-state index contributed by atoms with van der Waals surface area (Å²) < 4.78 is 27.7. The molecule has 5 rings (SSSR count). The van der Waals surface area contributed by atoms with E-state index in [0.29, 0.717) is 0 Å². The summed E-state index contributed by atoms with van der Waals surface area (Å²) in [6.07, 6.45) is -8.64. The van der Waals surface area contributed by atoms with E-state index in [1.54, 1.807) is 20.8 Å².